The second-order valence-corrected chi connectivity index (χ2v) is 11.1. The lowest BCUT2D eigenvalue weighted by Crippen LogP contribution is -2.47. The van der Waals surface area contributed by atoms with Gasteiger partial charge >= 0.3 is 14.2 Å². The predicted molar refractivity (Wildman–Crippen MR) is 123 cm³/mol. The van der Waals surface area contributed by atoms with Crippen molar-refractivity contribution in [1.82, 2.24) is 0 Å². The minimum absolute atomic E-state index is 0.0112. The van der Waals surface area contributed by atoms with Gasteiger partial charge in [-0.1, -0.05) is 13.8 Å². The summed E-state index contributed by atoms with van der Waals surface area (Å²) in [5, 5.41) is 9.96. The van der Waals surface area contributed by atoms with Crippen LogP contribution in [0.1, 0.15) is 74.8 Å². The molecule has 0 bridgehead atoms. The highest BCUT2D eigenvalue weighted by Gasteiger charge is 2.56. The van der Waals surface area contributed by atoms with Gasteiger partial charge in [0.05, 0.1) is 34.6 Å². The summed E-state index contributed by atoms with van der Waals surface area (Å²) in [5.41, 5.74) is -2.47. The van der Waals surface area contributed by atoms with E-state index in [1.165, 1.54) is 6.07 Å². The third-order valence-electron chi connectivity index (χ3n) is 6.97. The molecule has 1 aromatic carbocycles. The van der Waals surface area contributed by atoms with Gasteiger partial charge in [0.15, 0.2) is 0 Å². The molecule has 0 radical (unpaired) electrons. The molecule has 2 fully saturated rings. The molecule has 0 aliphatic carbocycles. The first-order chi connectivity index (χ1) is 14.5. The zero-order chi connectivity index (χ0) is 24.3. The fraction of sp³-hybridized carbons (Fsp3) is 0.696. The minimum atomic E-state index is -1.07. The lowest BCUT2D eigenvalue weighted by atomic mass is 9.69. The number of hydrogen-bond acceptors (Lipinski definition) is 6. The maximum atomic E-state index is 16.1. The Kier molecular flexibility index (Phi) is 6.27. The van der Waals surface area contributed by atoms with E-state index < -0.39 is 42.5 Å². The van der Waals surface area contributed by atoms with Gasteiger partial charge in [-0.2, -0.15) is 5.26 Å². The second-order valence-electron chi connectivity index (χ2n) is 11.1. The Labute approximate surface area is 192 Å². The van der Waals surface area contributed by atoms with Crippen molar-refractivity contribution in [1.29, 1.82) is 5.26 Å². The van der Waals surface area contributed by atoms with Crippen molar-refractivity contribution in [3.8, 4) is 11.8 Å². The molecule has 0 N–H and O–H groups in total. The molecule has 174 valence electrons. The van der Waals surface area contributed by atoms with Crippen LogP contribution in [0.2, 0.25) is 0 Å². The van der Waals surface area contributed by atoms with Crippen LogP contribution in [0.25, 0.3) is 0 Å². The summed E-state index contributed by atoms with van der Waals surface area (Å²) in [4.78, 5) is 0. The summed E-state index contributed by atoms with van der Waals surface area (Å²) in [7, 11) is -2.03. The monoisotopic (exact) mass is 445 g/mol. The molecule has 2 heterocycles. The fourth-order valence-electron chi connectivity index (χ4n) is 3.48. The highest BCUT2D eigenvalue weighted by molar-refractivity contribution is 6.66. The lowest BCUT2D eigenvalue weighted by molar-refractivity contribution is 0.00578. The highest BCUT2D eigenvalue weighted by Crippen LogP contribution is 2.39. The highest BCUT2D eigenvalue weighted by atomic mass is 19.1. The van der Waals surface area contributed by atoms with Gasteiger partial charge in [-0.3, -0.25) is 0 Å². The summed E-state index contributed by atoms with van der Waals surface area (Å²) in [5.74, 6) is -0.167. The van der Waals surface area contributed by atoms with Crippen molar-refractivity contribution in [2.24, 2.45) is 5.92 Å². The third kappa shape index (κ3) is 4.19. The van der Waals surface area contributed by atoms with Gasteiger partial charge in [0.1, 0.15) is 17.6 Å². The van der Waals surface area contributed by atoms with E-state index >= 15 is 4.39 Å². The molecular formula is C23H34B2FNO5. The Balaban J connectivity index is 2.17. The number of benzene rings is 1. The average Bonchev–Trinajstić information content (AvgIpc) is 2.98. The summed E-state index contributed by atoms with van der Waals surface area (Å²) in [6, 6.07) is 3.61. The molecule has 2 aliphatic rings. The maximum absolute atomic E-state index is 16.1. The summed E-state index contributed by atoms with van der Waals surface area (Å²) in [6.45, 7) is 19.5. The first-order valence-electron chi connectivity index (χ1n) is 11.1. The number of halogens is 1. The molecule has 0 atom stereocenters. The van der Waals surface area contributed by atoms with E-state index in [2.05, 4.69) is 6.07 Å². The molecule has 0 saturated carbocycles. The summed E-state index contributed by atoms with van der Waals surface area (Å²) >= 11 is 0. The topological polar surface area (TPSA) is 69.9 Å². The second kappa shape index (κ2) is 8.02. The molecule has 32 heavy (non-hydrogen) atoms. The normalized spacial score (nSPS) is 23.0. The largest absolute Gasteiger partial charge is 0.499 e. The zero-order valence-electron chi connectivity index (χ0n) is 20.9. The Morgan fingerprint density at radius 1 is 0.906 bits per heavy atom. The Morgan fingerprint density at radius 3 is 1.75 bits per heavy atom. The SMILES string of the molecule is CC(C)COc1cc(B2OC(C)(C)C(C)(C)O2)c(F)c(B2OC(C)(C)C(C)(C)O2)c1C#N. The molecule has 2 saturated heterocycles. The van der Waals surface area contributed by atoms with Crippen LogP contribution in [0.15, 0.2) is 6.07 Å². The Hall–Kier alpha value is -1.59. The fourth-order valence-corrected chi connectivity index (χ4v) is 3.48. The minimum Gasteiger partial charge on any atom is -0.492 e. The molecule has 2 aliphatic heterocycles. The average molecular weight is 445 g/mol. The quantitative estimate of drug-likeness (QED) is 0.648. The van der Waals surface area contributed by atoms with Gasteiger partial charge in [-0.25, -0.2) is 4.39 Å². The van der Waals surface area contributed by atoms with Crippen molar-refractivity contribution in [3.05, 3.63) is 17.4 Å². The third-order valence-corrected chi connectivity index (χ3v) is 6.97. The summed E-state index contributed by atoms with van der Waals surface area (Å²) < 4.78 is 46.4. The number of rotatable bonds is 5. The van der Waals surface area contributed by atoms with Gasteiger partial charge in [0, 0.05) is 10.9 Å². The molecule has 9 heteroatoms. The van der Waals surface area contributed by atoms with Crippen molar-refractivity contribution < 1.29 is 27.7 Å². The van der Waals surface area contributed by atoms with E-state index in [-0.39, 0.29) is 28.2 Å². The van der Waals surface area contributed by atoms with Crippen molar-refractivity contribution in [2.75, 3.05) is 6.61 Å². The molecule has 0 spiro atoms. The van der Waals surface area contributed by atoms with E-state index in [0.29, 0.717) is 6.61 Å². The number of ether oxygens (including phenoxy) is 1. The van der Waals surface area contributed by atoms with E-state index in [1.54, 1.807) is 0 Å². The Morgan fingerprint density at radius 2 is 1.34 bits per heavy atom. The van der Waals surface area contributed by atoms with Gasteiger partial charge in [-0.15, -0.1) is 0 Å². The number of nitrogens with zero attached hydrogens (tertiary/aromatic N) is 1. The van der Waals surface area contributed by atoms with Crippen LogP contribution in [0.5, 0.6) is 5.75 Å². The van der Waals surface area contributed by atoms with Crippen LogP contribution in [-0.2, 0) is 18.6 Å². The zero-order valence-corrected chi connectivity index (χ0v) is 20.9. The molecule has 0 unspecified atom stereocenters. The Bertz CT molecular complexity index is 907. The van der Waals surface area contributed by atoms with E-state index in [4.69, 9.17) is 23.4 Å². The molecule has 0 amide bonds. The van der Waals surface area contributed by atoms with Crippen LogP contribution < -0.4 is 15.7 Å². The molecule has 0 aromatic heterocycles. The van der Waals surface area contributed by atoms with E-state index in [1.807, 2.05) is 69.2 Å². The number of nitriles is 1. The van der Waals surface area contributed by atoms with Crippen LogP contribution in [0, 0.1) is 23.1 Å². The van der Waals surface area contributed by atoms with Gasteiger partial charge < -0.3 is 23.4 Å². The smallest absolute Gasteiger partial charge is 0.492 e. The van der Waals surface area contributed by atoms with Crippen LogP contribution in [-0.4, -0.2) is 43.2 Å². The standard InChI is InChI=1S/C23H34B2FNO5/c1-14(2)13-28-17-11-16(24-29-20(3,4)21(5,6)30-24)19(26)18(15(17)12-27)25-31-22(7,8)23(9,10)32-25/h11,14H,13H2,1-10H3. The van der Waals surface area contributed by atoms with Crippen LogP contribution in [0.4, 0.5) is 4.39 Å². The predicted octanol–water partition coefficient (Wildman–Crippen LogP) is 3.33. The molecule has 6 nitrogen and oxygen atoms in total. The lowest BCUT2D eigenvalue weighted by Gasteiger charge is -2.32. The first-order valence-corrected chi connectivity index (χ1v) is 11.1. The van der Waals surface area contributed by atoms with Crippen LogP contribution in [0.3, 0.4) is 0 Å². The van der Waals surface area contributed by atoms with Crippen molar-refractivity contribution >= 4 is 25.2 Å². The number of hydrogen-bond donors (Lipinski definition) is 0. The molecule has 1 aromatic rings. The molecule has 3 rings (SSSR count). The first kappa shape index (κ1) is 25.0. The van der Waals surface area contributed by atoms with Gasteiger partial charge in [0.2, 0.25) is 0 Å². The van der Waals surface area contributed by atoms with E-state index in [9.17, 15) is 5.26 Å². The summed E-state index contributed by atoms with van der Waals surface area (Å²) in [6.07, 6.45) is 0. The maximum Gasteiger partial charge on any atom is 0.499 e. The van der Waals surface area contributed by atoms with Crippen molar-refractivity contribution in [3.63, 3.8) is 0 Å². The van der Waals surface area contributed by atoms with Crippen molar-refractivity contribution in [2.45, 2.75) is 91.6 Å². The van der Waals surface area contributed by atoms with Crippen LogP contribution >= 0.6 is 0 Å². The van der Waals surface area contributed by atoms with Gasteiger partial charge in [-0.05, 0) is 67.4 Å². The van der Waals surface area contributed by atoms with Gasteiger partial charge in [0.25, 0.3) is 0 Å². The molecular weight excluding hydrogens is 411 g/mol. The van der Waals surface area contributed by atoms with E-state index in [0.717, 1.165) is 0 Å².